The van der Waals surface area contributed by atoms with Gasteiger partial charge in [0.2, 0.25) is 0 Å². The first-order valence-corrected chi connectivity index (χ1v) is 7.13. The summed E-state index contributed by atoms with van der Waals surface area (Å²) in [6.07, 6.45) is -0.713. The summed E-state index contributed by atoms with van der Waals surface area (Å²) in [5, 5.41) is 0.414. The van der Waals surface area contributed by atoms with Gasteiger partial charge in [0.1, 0.15) is 11.9 Å². The largest absolute Gasteiger partial charge is 0.484 e. The van der Waals surface area contributed by atoms with Crippen LogP contribution in [0.2, 0.25) is 5.02 Å². The van der Waals surface area contributed by atoms with Crippen molar-refractivity contribution in [1.29, 1.82) is 0 Å². The Kier molecular flexibility index (Phi) is 3.86. The zero-order valence-corrected chi connectivity index (χ0v) is 12.5. The summed E-state index contributed by atoms with van der Waals surface area (Å²) >= 11 is 5.93. The van der Waals surface area contributed by atoms with E-state index in [0.29, 0.717) is 16.3 Å². The molecule has 1 heterocycles. The van der Waals surface area contributed by atoms with Crippen LogP contribution in [0.4, 0.5) is 0 Å². The normalized spacial score (nSPS) is 20.0. The van der Waals surface area contributed by atoms with Crippen molar-refractivity contribution in [2.24, 2.45) is 5.92 Å². The average Bonchev–Trinajstić information content (AvgIpc) is 2.55. The zero-order chi connectivity index (χ0) is 15.7. The molecule has 0 N–H and O–H groups in total. The predicted molar refractivity (Wildman–Crippen MR) is 81.1 cm³/mol. The smallest absolute Gasteiger partial charge is 0.320 e. The van der Waals surface area contributed by atoms with E-state index in [4.69, 9.17) is 21.1 Å². The van der Waals surface area contributed by atoms with Gasteiger partial charge in [-0.05, 0) is 23.8 Å². The summed E-state index contributed by atoms with van der Waals surface area (Å²) in [6.45, 7) is 0. The van der Waals surface area contributed by atoms with Crippen LogP contribution in [-0.2, 0) is 9.53 Å². The van der Waals surface area contributed by atoms with Gasteiger partial charge in [0.15, 0.2) is 11.7 Å². The van der Waals surface area contributed by atoms with Crippen molar-refractivity contribution in [1.82, 2.24) is 0 Å². The third kappa shape index (κ3) is 2.46. The lowest BCUT2D eigenvalue weighted by molar-refractivity contribution is -0.146. The lowest BCUT2D eigenvalue weighted by Crippen LogP contribution is -2.37. The van der Waals surface area contributed by atoms with E-state index in [-0.39, 0.29) is 5.78 Å². The molecule has 3 rings (SSSR count). The summed E-state index contributed by atoms with van der Waals surface area (Å²) in [6, 6.07) is 13.9. The molecule has 2 unspecified atom stereocenters. The number of Topliss-reactive ketones (excluding diaryl/α,β-unsaturated/α-hetero) is 1. The van der Waals surface area contributed by atoms with Gasteiger partial charge in [0.05, 0.1) is 12.7 Å². The first kappa shape index (κ1) is 14.6. The Balaban J connectivity index is 2.11. The molecule has 0 fully saturated rings. The summed E-state index contributed by atoms with van der Waals surface area (Å²) in [5.74, 6) is -1.59. The number of ketones is 1. The molecule has 5 heteroatoms. The maximum Gasteiger partial charge on any atom is 0.320 e. The molecule has 0 saturated heterocycles. The molecule has 22 heavy (non-hydrogen) atoms. The molecule has 0 spiro atoms. The van der Waals surface area contributed by atoms with Gasteiger partial charge in [-0.25, -0.2) is 0 Å². The van der Waals surface area contributed by atoms with Crippen LogP contribution in [0.15, 0.2) is 48.5 Å². The van der Waals surface area contributed by atoms with Crippen LogP contribution in [-0.4, -0.2) is 18.9 Å². The SMILES string of the molecule is COC(=O)C1C(=O)c2cc(Cl)ccc2OC1c1ccccc1. The molecule has 0 amide bonds. The van der Waals surface area contributed by atoms with E-state index in [1.54, 1.807) is 12.1 Å². The molecule has 1 aliphatic rings. The third-order valence-electron chi connectivity index (χ3n) is 3.63. The second-order valence-electron chi connectivity index (χ2n) is 4.95. The first-order valence-electron chi connectivity index (χ1n) is 6.75. The number of ether oxygens (including phenoxy) is 2. The molecule has 0 radical (unpaired) electrons. The van der Waals surface area contributed by atoms with Crippen LogP contribution in [0.5, 0.6) is 5.75 Å². The van der Waals surface area contributed by atoms with Crippen LogP contribution < -0.4 is 4.74 Å². The molecule has 4 nitrogen and oxygen atoms in total. The Hall–Kier alpha value is -2.33. The molecule has 1 aliphatic heterocycles. The predicted octanol–water partition coefficient (Wildman–Crippen LogP) is 3.45. The van der Waals surface area contributed by atoms with Crippen molar-refractivity contribution in [2.75, 3.05) is 7.11 Å². The summed E-state index contributed by atoms with van der Waals surface area (Å²) < 4.78 is 10.7. The molecule has 0 bridgehead atoms. The fourth-order valence-corrected chi connectivity index (χ4v) is 2.74. The van der Waals surface area contributed by atoms with Crippen LogP contribution >= 0.6 is 11.6 Å². The van der Waals surface area contributed by atoms with Crippen LogP contribution in [0, 0.1) is 5.92 Å². The van der Waals surface area contributed by atoms with Gasteiger partial charge >= 0.3 is 5.97 Å². The van der Waals surface area contributed by atoms with E-state index in [2.05, 4.69) is 0 Å². The van der Waals surface area contributed by atoms with E-state index in [1.807, 2.05) is 30.3 Å². The Labute approximate surface area is 132 Å². The molecule has 0 aromatic heterocycles. The van der Waals surface area contributed by atoms with E-state index >= 15 is 0 Å². The minimum Gasteiger partial charge on any atom is -0.484 e. The number of fused-ring (bicyclic) bond motifs is 1. The van der Waals surface area contributed by atoms with Gasteiger partial charge in [-0.2, -0.15) is 0 Å². The molecule has 2 atom stereocenters. The van der Waals surface area contributed by atoms with E-state index in [1.165, 1.54) is 13.2 Å². The Morgan fingerprint density at radius 3 is 2.59 bits per heavy atom. The zero-order valence-electron chi connectivity index (χ0n) is 11.8. The number of hydrogen-bond donors (Lipinski definition) is 0. The van der Waals surface area contributed by atoms with Crippen LogP contribution in [0.3, 0.4) is 0 Å². The van der Waals surface area contributed by atoms with Gasteiger partial charge in [-0.15, -0.1) is 0 Å². The number of rotatable bonds is 2. The molecular formula is C17H13ClO4. The fraction of sp³-hybridized carbons (Fsp3) is 0.176. The number of halogens is 1. The number of hydrogen-bond acceptors (Lipinski definition) is 4. The van der Waals surface area contributed by atoms with Crippen molar-refractivity contribution >= 4 is 23.4 Å². The Morgan fingerprint density at radius 1 is 1.18 bits per heavy atom. The topological polar surface area (TPSA) is 52.6 Å². The van der Waals surface area contributed by atoms with E-state index in [0.717, 1.165) is 5.56 Å². The standard InChI is InChI=1S/C17H13ClO4/c1-21-17(20)14-15(19)12-9-11(18)7-8-13(12)22-16(14)10-5-3-2-4-6-10/h2-9,14,16H,1H3. The molecule has 112 valence electrons. The second kappa shape index (κ2) is 5.81. The highest BCUT2D eigenvalue weighted by atomic mass is 35.5. The Morgan fingerprint density at radius 2 is 1.91 bits per heavy atom. The number of benzene rings is 2. The van der Waals surface area contributed by atoms with Crippen LogP contribution in [0.1, 0.15) is 22.0 Å². The van der Waals surface area contributed by atoms with Crippen molar-refractivity contribution in [3.05, 3.63) is 64.7 Å². The number of esters is 1. The summed E-state index contributed by atoms with van der Waals surface area (Å²) in [5.41, 5.74) is 1.04. The first-order chi connectivity index (χ1) is 10.6. The van der Waals surface area contributed by atoms with Crippen molar-refractivity contribution in [3.63, 3.8) is 0 Å². The van der Waals surface area contributed by atoms with E-state index in [9.17, 15) is 9.59 Å². The van der Waals surface area contributed by atoms with Crippen LogP contribution in [0.25, 0.3) is 0 Å². The van der Waals surface area contributed by atoms with Crippen molar-refractivity contribution < 1.29 is 19.1 Å². The van der Waals surface area contributed by atoms with Crippen molar-refractivity contribution in [3.8, 4) is 5.75 Å². The summed E-state index contributed by atoms with van der Waals surface area (Å²) in [7, 11) is 1.26. The minimum atomic E-state index is -1.04. The molecule has 0 saturated carbocycles. The molecule has 2 aromatic rings. The highest BCUT2D eigenvalue weighted by Gasteiger charge is 2.43. The van der Waals surface area contributed by atoms with Gasteiger partial charge in [-0.1, -0.05) is 41.9 Å². The van der Waals surface area contributed by atoms with Gasteiger partial charge in [0, 0.05) is 5.02 Å². The molecule has 2 aromatic carbocycles. The number of carbonyl (C=O) groups is 2. The average molecular weight is 317 g/mol. The highest BCUT2D eigenvalue weighted by Crippen LogP contribution is 2.40. The quantitative estimate of drug-likeness (QED) is 0.629. The fourth-order valence-electron chi connectivity index (χ4n) is 2.57. The molecule has 0 aliphatic carbocycles. The maximum atomic E-state index is 12.7. The van der Waals surface area contributed by atoms with E-state index < -0.39 is 18.0 Å². The van der Waals surface area contributed by atoms with Crippen molar-refractivity contribution in [2.45, 2.75) is 6.10 Å². The van der Waals surface area contributed by atoms with Gasteiger partial charge in [-0.3, -0.25) is 9.59 Å². The summed E-state index contributed by atoms with van der Waals surface area (Å²) in [4.78, 5) is 24.8. The number of methoxy groups -OCH3 is 1. The minimum absolute atomic E-state index is 0.301. The maximum absolute atomic E-state index is 12.7. The van der Waals surface area contributed by atoms with Gasteiger partial charge in [0.25, 0.3) is 0 Å². The lowest BCUT2D eigenvalue weighted by atomic mass is 9.85. The molecular weight excluding hydrogens is 304 g/mol. The van der Waals surface area contributed by atoms with Gasteiger partial charge < -0.3 is 9.47 Å². The third-order valence-corrected chi connectivity index (χ3v) is 3.86. The number of carbonyl (C=O) groups excluding carboxylic acids is 2. The lowest BCUT2D eigenvalue weighted by Gasteiger charge is -2.31. The monoisotopic (exact) mass is 316 g/mol. The second-order valence-corrected chi connectivity index (χ2v) is 5.39. The highest BCUT2D eigenvalue weighted by molar-refractivity contribution is 6.31. The Bertz CT molecular complexity index is 727.